The molecule has 2 rings (SSSR count). The van der Waals surface area contributed by atoms with Crippen molar-refractivity contribution in [2.75, 3.05) is 0 Å². The van der Waals surface area contributed by atoms with E-state index in [2.05, 4.69) is 5.32 Å². The van der Waals surface area contributed by atoms with Crippen LogP contribution in [0.4, 0.5) is 4.79 Å². The second-order valence-electron chi connectivity index (χ2n) is 7.77. The SMILES string of the molecule is CC(C)(C)OC(=O)NC(c1ccccc1)[C@@](C)(Cc1ccccc1)[N+](=O)[O-]. The van der Waals surface area contributed by atoms with Gasteiger partial charge in [0.2, 0.25) is 5.54 Å². The minimum atomic E-state index is -1.46. The van der Waals surface area contributed by atoms with Gasteiger partial charge < -0.3 is 10.1 Å². The zero-order chi connectivity index (χ0) is 20.1. The van der Waals surface area contributed by atoms with Gasteiger partial charge in [-0.25, -0.2) is 4.79 Å². The molecule has 0 heterocycles. The lowest BCUT2D eigenvalue weighted by atomic mass is 9.82. The van der Waals surface area contributed by atoms with Crippen LogP contribution >= 0.6 is 0 Å². The minimum absolute atomic E-state index is 0.163. The summed E-state index contributed by atoms with van der Waals surface area (Å²) in [4.78, 5) is 24.2. The number of alkyl carbamates (subject to hydrolysis) is 1. The Balaban J connectivity index is 2.42. The van der Waals surface area contributed by atoms with Crippen molar-refractivity contribution in [2.24, 2.45) is 0 Å². The van der Waals surface area contributed by atoms with E-state index in [-0.39, 0.29) is 11.3 Å². The lowest BCUT2D eigenvalue weighted by Gasteiger charge is -2.32. The number of nitrogens with one attached hydrogen (secondary N) is 1. The Hall–Kier alpha value is -2.89. The molecule has 0 radical (unpaired) electrons. The van der Waals surface area contributed by atoms with Crippen LogP contribution in [0.15, 0.2) is 60.7 Å². The zero-order valence-corrected chi connectivity index (χ0v) is 16.1. The number of benzene rings is 2. The predicted molar refractivity (Wildman–Crippen MR) is 104 cm³/mol. The molecule has 6 nitrogen and oxygen atoms in total. The average molecular weight is 370 g/mol. The molecule has 2 aromatic carbocycles. The molecule has 2 aromatic rings. The number of hydrogen-bond donors (Lipinski definition) is 1. The van der Waals surface area contributed by atoms with E-state index in [0.29, 0.717) is 5.56 Å². The molecular formula is C21H26N2O4. The first kappa shape index (κ1) is 20.4. The molecule has 1 unspecified atom stereocenters. The van der Waals surface area contributed by atoms with E-state index in [4.69, 9.17) is 4.74 Å². The molecule has 1 N–H and O–H groups in total. The van der Waals surface area contributed by atoms with Gasteiger partial charge in [0.15, 0.2) is 0 Å². The lowest BCUT2D eigenvalue weighted by molar-refractivity contribution is -0.571. The maximum absolute atomic E-state index is 12.4. The van der Waals surface area contributed by atoms with E-state index in [0.717, 1.165) is 5.56 Å². The van der Waals surface area contributed by atoms with Crippen LogP contribution in [0.1, 0.15) is 44.9 Å². The van der Waals surface area contributed by atoms with Crippen molar-refractivity contribution >= 4 is 6.09 Å². The maximum Gasteiger partial charge on any atom is 0.408 e. The van der Waals surface area contributed by atoms with Gasteiger partial charge >= 0.3 is 6.09 Å². The monoisotopic (exact) mass is 370 g/mol. The summed E-state index contributed by atoms with van der Waals surface area (Å²) in [5.74, 6) is 0. The highest BCUT2D eigenvalue weighted by Crippen LogP contribution is 2.32. The molecule has 0 aliphatic carbocycles. The summed E-state index contributed by atoms with van der Waals surface area (Å²) in [6.45, 7) is 6.80. The Morgan fingerprint density at radius 2 is 1.56 bits per heavy atom. The van der Waals surface area contributed by atoms with E-state index < -0.39 is 23.3 Å². The summed E-state index contributed by atoms with van der Waals surface area (Å²) in [5.41, 5.74) is -0.683. The van der Waals surface area contributed by atoms with Crippen LogP contribution in [-0.4, -0.2) is 22.2 Å². The highest BCUT2D eigenvalue weighted by Gasteiger charge is 2.48. The summed E-state index contributed by atoms with van der Waals surface area (Å²) in [6, 6.07) is 17.3. The second kappa shape index (κ2) is 8.20. The minimum Gasteiger partial charge on any atom is -0.444 e. The number of nitrogens with zero attached hydrogens (tertiary/aromatic N) is 1. The maximum atomic E-state index is 12.4. The number of amides is 1. The average Bonchev–Trinajstić information content (AvgIpc) is 2.59. The molecule has 0 aliphatic heterocycles. The molecule has 0 saturated heterocycles. The largest absolute Gasteiger partial charge is 0.444 e. The zero-order valence-electron chi connectivity index (χ0n) is 16.1. The fourth-order valence-electron chi connectivity index (χ4n) is 2.95. The van der Waals surface area contributed by atoms with Gasteiger partial charge in [0.1, 0.15) is 11.6 Å². The number of carbonyl (C=O) groups excluding carboxylic acids is 1. The first-order chi connectivity index (χ1) is 12.6. The Morgan fingerprint density at radius 3 is 2.04 bits per heavy atom. The highest BCUT2D eigenvalue weighted by atomic mass is 16.6. The Kier molecular flexibility index (Phi) is 6.20. The summed E-state index contributed by atoms with van der Waals surface area (Å²) in [7, 11) is 0. The van der Waals surface area contributed by atoms with Crippen molar-refractivity contribution in [3.8, 4) is 0 Å². The number of carbonyl (C=O) groups is 1. The smallest absolute Gasteiger partial charge is 0.408 e. The van der Waals surface area contributed by atoms with E-state index in [1.165, 1.54) is 0 Å². The van der Waals surface area contributed by atoms with Crippen LogP contribution in [-0.2, 0) is 11.2 Å². The third kappa shape index (κ3) is 5.54. The Bertz CT molecular complexity index is 772. The lowest BCUT2D eigenvalue weighted by Crippen LogP contribution is -2.51. The standard InChI is InChI=1S/C21H26N2O4/c1-20(2,3)27-19(24)22-18(17-13-9-6-10-14-17)21(4,23(25)26)15-16-11-7-5-8-12-16/h5-14,18H,15H2,1-4H3,(H,22,24)/t18?,21-/m1/s1. The van der Waals surface area contributed by atoms with Gasteiger partial charge in [-0.3, -0.25) is 10.1 Å². The number of rotatable bonds is 6. The van der Waals surface area contributed by atoms with Gasteiger partial charge in [0.05, 0.1) is 0 Å². The van der Waals surface area contributed by atoms with E-state index in [9.17, 15) is 14.9 Å². The summed E-state index contributed by atoms with van der Waals surface area (Å²) >= 11 is 0. The summed E-state index contributed by atoms with van der Waals surface area (Å²) in [6.07, 6.45) is -0.520. The van der Waals surface area contributed by atoms with Gasteiger partial charge in [-0.2, -0.15) is 0 Å². The van der Waals surface area contributed by atoms with Crippen LogP contribution in [0, 0.1) is 10.1 Å². The number of ether oxygens (including phenoxy) is 1. The Morgan fingerprint density at radius 1 is 1.04 bits per heavy atom. The molecule has 0 fully saturated rings. The third-order valence-electron chi connectivity index (χ3n) is 4.24. The first-order valence-electron chi connectivity index (χ1n) is 8.85. The third-order valence-corrected chi connectivity index (χ3v) is 4.24. The highest BCUT2D eigenvalue weighted by molar-refractivity contribution is 5.68. The first-order valence-corrected chi connectivity index (χ1v) is 8.85. The van der Waals surface area contributed by atoms with Crippen LogP contribution in [0.5, 0.6) is 0 Å². The van der Waals surface area contributed by atoms with Gasteiger partial charge in [0.25, 0.3) is 0 Å². The van der Waals surface area contributed by atoms with E-state index in [1.807, 2.05) is 36.4 Å². The molecule has 0 aromatic heterocycles. The topological polar surface area (TPSA) is 81.5 Å². The van der Waals surface area contributed by atoms with E-state index in [1.54, 1.807) is 52.0 Å². The van der Waals surface area contributed by atoms with Crippen molar-refractivity contribution in [3.63, 3.8) is 0 Å². The molecule has 0 bridgehead atoms. The second-order valence-corrected chi connectivity index (χ2v) is 7.77. The number of nitro groups is 1. The van der Waals surface area contributed by atoms with Crippen LogP contribution < -0.4 is 5.32 Å². The van der Waals surface area contributed by atoms with Crippen LogP contribution in [0.2, 0.25) is 0 Å². The summed E-state index contributed by atoms with van der Waals surface area (Å²) < 4.78 is 5.34. The van der Waals surface area contributed by atoms with Gasteiger partial charge in [0, 0.05) is 18.3 Å². The predicted octanol–water partition coefficient (Wildman–Crippen LogP) is 4.53. The Labute approximate surface area is 159 Å². The molecule has 144 valence electrons. The fourth-order valence-corrected chi connectivity index (χ4v) is 2.95. The fraction of sp³-hybridized carbons (Fsp3) is 0.381. The normalized spacial score (nSPS) is 14.7. The quantitative estimate of drug-likeness (QED) is 0.598. The van der Waals surface area contributed by atoms with Gasteiger partial charge in [-0.15, -0.1) is 0 Å². The molecule has 6 heteroatoms. The van der Waals surface area contributed by atoms with Crippen molar-refractivity contribution in [1.29, 1.82) is 0 Å². The van der Waals surface area contributed by atoms with Gasteiger partial charge in [-0.05, 0) is 31.9 Å². The van der Waals surface area contributed by atoms with Crippen LogP contribution in [0.3, 0.4) is 0 Å². The van der Waals surface area contributed by atoms with Crippen molar-refractivity contribution in [3.05, 3.63) is 81.9 Å². The molecular weight excluding hydrogens is 344 g/mol. The van der Waals surface area contributed by atoms with Gasteiger partial charge in [-0.1, -0.05) is 60.7 Å². The molecule has 0 aliphatic rings. The molecule has 2 atom stereocenters. The van der Waals surface area contributed by atoms with Crippen LogP contribution in [0.25, 0.3) is 0 Å². The molecule has 27 heavy (non-hydrogen) atoms. The molecule has 0 saturated carbocycles. The molecule has 0 spiro atoms. The van der Waals surface area contributed by atoms with Crippen molar-refractivity contribution < 1.29 is 14.5 Å². The van der Waals surface area contributed by atoms with E-state index >= 15 is 0 Å². The number of hydrogen-bond acceptors (Lipinski definition) is 4. The summed E-state index contributed by atoms with van der Waals surface area (Å²) in [5, 5.41) is 14.8. The molecule has 1 amide bonds. The van der Waals surface area contributed by atoms with Crippen molar-refractivity contribution in [1.82, 2.24) is 5.32 Å². The van der Waals surface area contributed by atoms with Crippen molar-refractivity contribution in [2.45, 2.75) is 51.3 Å².